The molecule has 1 atom stereocenters. The minimum absolute atomic E-state index is 0.0798. The highest BCUT2D eigenvalue weighted by atomic mass is 32.1. The largest absolute Gasteiger partial charge is 0.347 e. The third kappa shape index (κ3) is 3.63. The highest BCUT2D eigenvalue weighted by Gasteiger charge is 2.15. The van der Waals surface area contributed by atoms with Gasteiger partial charge < -0.3 is 9.88 Å². The number of nitrogens with zero attached hydrogens (tertiary/aromatic N) is 3. The highest BCUT2D eigenvalue weighted by Crippen LogP contribution is 2.19. The second kappa shape index (κ2) is 7.42. The van der Waals surface area contributed by atoms with Gasteiger partial charge in [0.1, 0.15) is 17.6 Å². The number of thiazole rings is 1. The normalized spacial score (nSPS) is 12.2. The third-order valence-electron chi connectivity index (χ3n) is 3.62. The van der Waals surface area contributed by atoms with Crippen LogP contribution in [0.3, 0.4) is 0 Å². The van der Waals surface area contributed by atoms with Crippen molar-refractivity contribution >= 4 is 51.1 Å². The summed E-state index contributed by atoms with van der Waals surface area (Å²) in [6, 6.07) is 3.80. The minimum atomic E-state index is -0.261. The van der Waals surface area contributed by atoms with E-state index in [4.69, 9.17) is 12.2 Å². The van der Waals surface area contributed by atoms with E-state index in [1.165, 1.54) is 22.2 Å². The summed E-state index contributed by atoms with van der Waals surface area (Å²) in [6.45, 7) is 6.01. The first-order chi connectivity index (χ1) is 12.0. The van der Waals surface area contributed by atoms with Crippen molar-refractivity contribution in [1.82, 2.24) is 19.4 Å². The van der Waals surface area contributed by atoms with E-state index in [1.807, 2.05) is 24.4 Å². The molecule has 3 aromatic rings. The van der Waals surface area contributed by atoms with Crippen LogP contribution in [0.2, 0.25) is 0 Å². The first-order valence-corrected chi connectivity index (χ1v) is 9.64. The Morgan fingerprint density at radius 1 is 1.56 bits per heavy atom. The van der Waals surface area contributed by atoms with Crippen molar-refractivity contribution < 1.29 is 4.79 Å². The first-order valence-electron chi connectivity index (χ1n) is 7.53. The summed E-state index contributed by atoms with van der Waals surface area (Å²) in [6.07, 6.45) is 3.09. The second-order valence-electron chi connectivity index (χ2n) is 5.40. The molecule has 0 radical (unpaired) electrons. The number of carbonyl (C=O) groups is 1. The quantitative estimate of drug-likeness (QED) is 0.517. The zero-order chi connectivity index (χ0) is 18.0. The van der Waals surface area contributed by atoms with Crippen molar-refractivity contribution in [1.29, 1.82) is 0 Å². The summed E-state index contributed by atoms with van der Waals surface area (Å²) in [5, 5.41) is 4.85. The average molecular weight is 393 g/mol. The molecule has 130 valence electrons. The number of allylic oxidation sites excluding steroid dienone is 1. The predicted molar refractivity (Wildman–Crippen MR) is 104 cm³/mol. The van der Waals surface area contributed by atoms with E-state index in [1.54, 1.807) is 22.0 Å². The van der Waals surface area contributed by atoms with Crippen LogP contribution in [0.4, 0.5) is 0 Å². The van der Waals surface area contributed by atoms with E-state index in [0.29, 0.717) is 20.8 Å². The van der Waals surface area contributed by atoms with Crippen LogP contribution in [0.1, 0.15) is 17.8 Å². The Labute approximate surface area is 157 Å². The molecule has 1 unspecified atom stereocenters. The van der Waals surface area contributed by atoms with Gasteiger partial charge in [-0.3, -0.25) is 14.2 Å². The number of hydrogen-bond acceptors (Lipinski definition) is 6. The van der Waals surface area contributed by atoms with Crippen LogP contribution < -0.4 is 10.9 Å². The summed E-state index contributed by atoms with van der Waals surface area (Å²) >= 11 is 8.06. The molecule has 3 rings (SSSR count). The van der Waals surface area contributed by atoms with Crippen LogP contribution in [-0.2, 0) is 17.9 Å². The van der Waals surface area contributed by atoms with Gasteiger partial charge in [0.25, 0.3) is 5.56 Å². The summed E-state index contributed by atoms with van der Waals surface area (Å²) in [5.74, 6) is -0.238. The van der Waals surface area contributed by atoms with Crippen LogP contribution >= 0.6 is 34.9 Å². The zero-order valence-corrected chi connectivity index (χ0v) is 15.9. The maximum absolute atomic E-state index is 12.6. The Kier molecular flexibility index (Phi) is 5.26. The maximum Gasteiger partial charge on any atom is 0.273 e. The molecule has 1 amide bonds. The van der Waals surface area contributed by atoms with Crippen molar-refractivity contribution in [2.24, 2.45) is 0 Å². The number of carbonyl (C=O) groups excluding carboxylic acids is 1. The molecule has 0 bridgehead atoms. The van der Waals surface area contributed by atoms with E-state index in [2.05, 4.69) is 16.9 Å². The SMILES string of the molecule is C=CCn1c(=S)sc2c(=O)n(CC(=O)NC(C)c3cccs3)cnc21. The lowest BCUT2D eigenvalue weighted by Gasteiger charge is -2.13. The fraction of sp³-hybridized carbons (Fsp3) is 0.250. The van der Waals surface area contributed by atoms with Gasteiger partial charge in [0.05, 0.1) is 6.04 Å². The van der Waals surface area contributed by atoms with Crippen molar-refractivity contribution in [2.45, 2.75) is 26.1 Å². The molecule has 0 aliphatic rings. The van der Waals surface area contributed by atoms with Gasteiger partial charge >= 0.3 is 0 Å². The fourth-order valence-electron chi connectivity index (χ4n) is 2.43. The van der Waals surface area contributed by atoms with Gasteiger partial charge in [-0.05, 0) is 30.6 Å². The van der Waals surface area contributed by atoms with Crippen LogP contribution in [0, 0.1) is 3.95 Å². The van der Waals surface area contributed by atoms with Gasteiger partial charge in [0, 0.05) is 11.4 Å². The van der Waals surface area contributed by atoms with Crippen LogP contribution in [0.15, 0.2) is 41.3 Å². The smallest absolute Gasteiger partial charge is 0.273 e. The number of thiophene rings is 1. The molecule has 0 fully saturated rings. The number of amides is 1. The second-order valence-corrected chi connectivity index (χ2v) is 8.03. The van der Waals surface area contributed by atoms with Crippen molar-refractivity contribution in [2.75, 3.05) is 0 Å². The zero-order valence-electron chi connectivity index (χ0n) is 13.5. The Morgan fingerprint density at radius 2 is 2.36 bits per heavy atom. The average Bonchev–Trinajstić information content (AvgIpc) is 3.20. The Bertz CT molecular complexity index is 1030. The molecule has 3 heterocycles. The summed E-state index contributed by atoms with van der Waals surface area (Å²) < 4.78 is 4.08. The van der Waals surface area contributed by atoms with Crippen molar-refractivity contribution in [3.05, 3.63) is 55.7 Å². The molecule has 0 aromatic carbocycles. The molecule has 25 heavy (non-hydrogen) atoms. The number of hydrogen-bond donors (Lipinski definition) is 1. The third-order valence-corrected chi connectivity index (χ3v) is 6.10. The van der Waals surface area contributed by atoms with Gasteiger partial charge in [-0.25, -0.2) is 4.98 Å². The molecule has 1 N–H and O–H groups in total. The first kappa shape index (κ1) is 17.7. The van der Waals surface area contributed by atoms with Gasteiger partial charge in [0.2, 0.25) is 5.91 Å². The molecular weight excluding hydrogens is 376 g/mol. The van der Waals surface area contributed by atoms with E-state index in [9.17, 15) is 9.59 Å². The molecule has 9 heteroatoms. The Morgan fingerprint density at radius 3 is 3.04 bits per heavy atom. The van der Waals surface area contributed by atoms with Crippen LogP contribution in [-0.4, -0.2) is 20.0 Å². The van der Waals surface area contributed by atoms with Crippen LogP contribution in [0.5, 0.6) is 0 Å². The monoisotopic (exact) mass is 392 g/mol. The summed E-state index contributed by atoms with van der Waals surface area (Å²) in [5.41, 5.74) is 0.270. The Hall–Kier alpha value is -2.10. The molecule has 0 saturated carbocycles. The van der Waals surface area contributed by atoms with Crippen molar-refractivity contribution in [3.63, 3.8) is 0 Å². The van der Waals surface area contributed by atoms with Crippen LogP contribution in [0.25, 0.3) is 10.3 Å². The van der Waals surface area contributed by atoms with E-state index in [-0.39, 0.29) is 24.1 Å². The van der Waals surface area contributed by atoms with Gasteiger partial charge in [-0.15, -0.1) is 17.9 Å². The van der Waals surface area contributed by atoms with Gasteiger partial charge in [-0.2, -0.15) is 0 Å². The molecule has 0 aliphatic heterocycles. The predicted octanol–water partition coefficient (Wildman–Crippen LogP) is 3.11. The van der Waals surface area contributed by atoms with E-state index >= 15 is 0 Å². The topological polar surface area (TPSA) is 68.9 Å². The van der Waals surface area contributed by atoms with Crippen molar-refractivity contribution in [3.8, 4) is 0 Å². The molecule has 6 nitrogen and oxygen atoms in total. The number of nitrogens with one attached hydrogen (secondary N) is 1. The maximum atomic E-state index is 12.6. The lowest BCUT2D eigenvalue weighted by atomic mass is 10.3. The molecular formula is C16H16N4O2S3. The summed E-state index contributed by atoms with van der Waals surface area (Å²) in [7, 11) is 0. The molecule has 0 saturated heterocycles. The lowest BCUT2D eigenvalue weighted by Crippen LogP contribution is -2.33. The fourth-order valence-corrected chi connectivity index (χ4v) is 4.48. The van der Waals surface area contributed by atoms with E-state index in [0.717, 1.165) is 4.88 Å². The lowest BCUT2D eigenvalue weighted by molar-refractivity contribution is -0.122. The van der Waals surface area contributed by atoms with E-state index < -0.39 is 0 Å². The molecule has 3 aromatic heterocycles. The molecule has 0 aliphatic carbocycles. The summed E-state index contributed by atoms with van der Waals surface area (Å²) in [4.78, 5) is 30.2. The van der Waals surface area contributed by atoms with Gasteiger partial charge in [-0.1, -0.05) is 23.5 Å². The molecule has 0 spiro atoms. The number of aromatic nitrogens is 3. The minimum Gasteiger partial charge on any atom is -0.347 e. The number of fused-ring (bicyclic) bond motifs is 1. The highest BCUT2D eigenvalue weighted by molar-refractivity contribution is 7.73. The Balaban J connectivity index is 1.83. The number of rotatable bonds is 6. The standard InChI is InChI=1S/C16H16N4O2S3/c1-3-6-20-14-13(25-16(20)23)15(22)19(9-17-14)8-12(21)18-10(2)11-5-4-7-24-11/h3-5,7,9-10H,1,6,8H2,2H3,(H,18,21). The van der Waals surface area contributed by atoms with Gasteiger partial charge in [0.15, 0.2) is 9.60 Å².